The number of ether oxygens (including phenoxy) is 1. The quantitative estimate of drug-likeness (QED) is 0.740. The fraction of sp³-hybridized carbons (Fsp3) is 0.444. The van der Waals surface area contributed by atoms with Gasteiger partial charge in [-0.2, -0.15) is 0 Å². The Hall–Kier alpha value is -2.41. The van der Waals surface area contributed by atoms with Gasteiger partial charge in [0.1, 0.15) is 5.82 Å². The Morgan fingerprint density at radius 2 is 2.00 bits per heavy atom. The number of hydrogen-bond donors (Lipinski definition) is 2. The number of urea groups is 1. The maximum atomic E-state index is 13.8. The second-order valence-corrected chi connectivity index (χ2v) is 5.94. The number of rotatable bonds is 7. The number of nitrogens with zero attached hydrogens (tertiary/aromatic N) is 1. The molecule has 1 aromatic rings. The molecule has 0 bridgehead atoms. The normalized spacial score (nSPS) is 17.3. The van der Waals surface area contributed by atoms with Gasteiger partial charge in [0.05, 0.1) is 18.2 Å². The Morgan fingerprint density at radius 1 is 1.28 bits per heavy atom. The Bertz CT molecular complexity index is 675. The van der Waals surface area contributed by atoms with Gasteiger partial charge in [-0.3, -0.25) is 4.90 Å². The molecule has 0 radical (unpaired) electrons. The van der Waals surface area contributed by atoms with E-state index in [1.54, 1.807) is 32.2 Å². The number of carbonyl (C=O) groups excluding carboxylic acids is 2. The molecule has 0 saturated carbocycles. The minimum absolute atomic E-state index is 0.255. The zero-order valence-electron chi connectivity index (χ0n) is 14.8. The molecule has 1 aromatic carbocycles. The average Bonchev–Trinajstić information content (AvgIpc) is 2.56. The van der Waals surface area contributed by atoms with Gasteiger partial charge in [-0.15, -0.1) is 0 Å². The van der Waals surface area contributed by atoms with E-state index in [0.29, 0.717) is 36.3 Å². The summed E-state index contributed by atoms with van der Waals surface area (Å²) in [5.74, 6) is -0.731. The van der Waals surface area contributed by atoms with Crippen molar-refractivity contribution in [1.82, 2.24) is 15.5 Å². The molecule has 0 aliphatic carbocycles. The molecular weight excluding hydrogens is 325 g/mol. The van der Waals surface area contributed by atoms with Crippen LogP contribution in [0.25, 0.3) is 0 Å². The highest BCUT2D eigenvalue weighted by Gasteiger charge is 2.31. The summed E-state index contributed by atoms with van der Waals surface area (Å²) in [5, 5.41) is 5.42. The van der Waals surface area contributed by atoms with Crippen molar-refractivity contribution in [3.63, 3.8) is 0 Å². The van der Waals surface area contributed by atoms with Gasteiger partial charge < -0.3 is 15.4 Å². The third-order valence-corrected chi connectivity index (χ3v) is 3.97. The third kappa shape index (κ3) is 4.79. The predicted octanol–water partition coefficient (Wildman–Crippen LogP) is 2.17. The summed E-state index contributed by atoms with van der Waals surface area (Å²) < 4.78 is 19.0. The number of halogens is 1. The van der Waals surface area contributed by atoms with Crippen LogP contribution in [0.5, 0.6) is 0 Å². The molecule has 25 heavy (non-hydrogen) atoms. The van der Waals surface area contributed by atoms with Crippen LogP contribution in [0.15, 0.2) is 35.5 Å². The van der Waals surface area contributed by atoms with E-state index in [1.165, 1.54) is 6.07 Å². The van der Waals surface area contributed by atoms with E-state index in [2.05, 4.69) is 10.6 Å². The fourth-order valence-electron chi connectivity index (χ4n) is 2.83. The highest BCUT2D eigenvalue weighted by molar-refractivity contribution is 5.94. The van der Waals surface area contributed by atoms with Crippen molar-refractivity contribution >= 4 is 12.0 Å². The van der Waals surface area contributed by atoms with Crippen molar-refractivity contribution in [2.24, 2.45) is 0 Å². The van der Waals surface area contributed by atoms with Gasteiger partial charge in [-0.25, -0.2) is 14.0 Å². The summed E-state index contributed by atoms with van der Waals surface area (Å²) in [5.41, 5.74) is 1.47. The number of hydrogen-bond acceptors (Lipinski definition) is 4. The Morgan fingerprint density at radius 3 is 2.64 bits per heavy atom. The van der Waals surface area contributed by atoms with Crippen LogP contribution in [-0.2, 0) is 16.1 Å². The van der Waals surface area contributed by atoms with Crippen molar-refractivity contribution in [2.75, 3.05) is 20.2 Å². The zero-order chi connectivity index (χ0) is 18.4. The van der Waals surface area contributed by atoms with Crippen LogP contribution in [0.4, 0.5) is 9.18 Å². The molecule has 2 amide bonds. The summed E-state index contributed by atoms with van der Waals surface area (Å²) >= 11 is 0. The monoisotopic (exact) mass is 349 g/mol. The molecule has 1 heterocycles. The second-order valence-electron chi connectivity index (χ2n) is 5.94. The first-order chi connectivity index (χ1) is 12.0. The van der Waals surface area contributed by atoms with Gasteiger partial charge in [0.2, 0.25) is 0 Å². The minimum atomic E-state index is -0.448. The molecule has 2 N–H and O–H groups in total. The minimum Gasteiger partial charge on any atom is -0.463 e. The van der Waals surface area contributed by atoms with Gasteiger partial charge in [-0.05, 0) is 26.5 Å². The van der Waals surface area contributed by atoms with Crippen LogP contribution >= 0.6 is 0 Å². The fourth-order valence-corrected chi connectivity index (χ4v) is 2.83. The zero-order valence-corrected chi connectivity index (χ0v) is 14.8. The molecular formula is C18H24FN3O3. The lowest BCUT2D eigenvalue weighted by molar-refractivity contribution is -0.139. The summed E-state index contributed by atoms with van der Waals surface area (Å²) in [4.78, 5) is 26.0. The van der Waals surface area contributed by atoms with E-state index in [4.69, 9.17) is 4.74 Å². The molecule has 1 atom stereocenters. The van der Waals surface area contributed by atoms with E-state index in [-0.39, 0.29) is 18.5 Å². The molecule has 2 rings (SSSR count). The molecule has 0 saturated heterocycles. The molecule has 136 valence electrons. The smallest absolute Gasteiger partial charge is 0.337 e. The first-order valence-electron chi connectivity index (χ1n) is 8.35. The number of nitrogens with one attached hydrogen (secondary N) is 2. The molecule has 0 spiro atoms. The third-order valence-electron chi connectivity index (χ3n) is 3.97. The summed E-state index contributed by atoms with van der Waals surface area (Å²) in [6.45, 7) is 4.53. The molecule has 6 nitrogen and oxygen atoms in total. The highest BCUT2D eigenvalue weighted by atomic mass is 19.1. The molecule has 0 unspecified atom stereocenters. The molecule has 0 aromatic heterocycles. The van der Waals surface area contributed by atoms with Crippen LogP contribution < -0.4 is 10.6 Å². The van der Waals surface area contributed by atoms with Crippen molar-refractivity contribution in [2.45, 2.75) is 32.9 Å². The van der Waals surface area contributed by atoms with Gasteiger partial charge in [0.15, 0.2) is 0 Å². The van der Waals surface area contributed by atoms with Crippen molar-refractivity contribution in [3.05, 3.63) is 46.9 Å². The first-order valence-corrected chi connectivity index (χ1v) is 8.35. The Kier molecular flexibility index (Phi) is 6.52. The standard InChI is InChI=1S/C18H24FN3O3/c1-4-14-16(17(23)25-5-2)15(21-18(24)20-14)11-22(3)10-12-8-6-7-9-13(12)19/h6-9,14H,4-5,10-11H2,1-3H3,(H2,20,21,24)/t14-/m0/s1. The van der Waals surface area contributed by atoms with E-state index in [9.17, 15) is 14.0 Å². The topological polar surface area (TPSA) is 70.7 Å². The van der Waals surface area contributed by atoms with Gasteiger partial charge in [0.25, 0.3) is 0 Å². The van der Waals surface area contributed by atoms with Crippen molar-refractivity contribution in [3.8, 4) is 0 Å². The Balaban J connectivity index is 2.23. The summed E-state index contributed by atoms with van der Waals surface area (Å²) in [7, 11) is 1.80. The van der Waals surface area contributed by atoms with E-state index < -0.39 is 12.0 Å². The van der Waals surface area contributed by atoms with Gasteiger partial charge in [0, 0.05) is 24.4 Å². The van der Waals surface area contributed by atoms with Crippen LogP contribution in [0, 0.1) is 5.82 Å². The number of benzene rings is 1. The largest absolute Gasteiger partial charge is 0.463 e. The number of amides is 2. The summed E-state index contributed by atoms with van der Waals surface area (Å²) in [6.07, 6.45) is 0.572. The molecule has 1 aliphatic rings. The predicted molar refractivity (Wildman–Crippen MR) is 92.1 cm³/mol. The van der Waals surface area contributed by atoms with E-state index in [0.717, 1.165) is 0 Å². The van der Waals surface area contributed by atoms with Gasteiger partial charge in [-0.1, -0.05) is 25.1 Å². The second kappa shape index (κ2) is 8.62. The molecule has 1 aliphatic heterocycles. The first kappa shape index (κ1) is 18.9. The number of carbonyl (C=O) groups is 2. The average molecular weight is 349 g/mol. The van der Waals surface area contributed by atoms with Crippen molar-refractivity contribution in [1.29, 1.82) is 0 Å². The lowest BCUT2D eigenvalue weighted by atomic mass is 10.00. The van der Waals surface area contributed by atoms with Crippen LogP contribution in [0.1, 0.15) is 25.8 Å². The molecule has 0 fully saturated rings. The Labute approximate surface area is 147 Å². The van der Waals surface area contributed by atoms with E-state index in [1.807, 2.05) is 11.8 Å². The maximum Gasteiger partial charge on any atom is 0.337 e. The SMILES string of the molecule is CCOC(=O)C1=C(CN(C)Cc2ccccc2F)NC(=O)N[C@H]1CC. The number of likely N-dealkylation sites (N-methyl/N-ethyl adjacent to an activating group) is 1. The van der Waals surface area contributed by atoms with Crippen molar-refractivity contribution < 1.29 is 18.7 Å². The summed E-state index contributed by atoms with van der Waals surface area (Å²) in [6, 6.07) is 5.78. The lowest BCUT2D eigenvalue weighted by Crippen LogP contribution is -2.51. The lowest BCUT2D eigenvalue weighted by Gasteiger charge is -2.30. The maximum absolute atomic E-state index is 13.8. The number of esters is 1. The van der Waals surface area contributed by atoms with Crippen LogP contribution in [0.2, 0.25) is 0 Å². The van der Waals surface area contributed by atoms with Gasteiger partial charge >= 0.3 is 12.0 Å². The highest BCUT2D eigenvalue weighted by Crippen LogP contribution is 2.18. The van der Waals surface area contributed by atoms with E-state index >= 15 is 0 Å². The van der Waals surface area contributed by atoms with Crippen LogP contribution in [-0.4, -0.2) is 43.1 Å². The van der Waals surface area contributed by atoms with Crippen LogP contribution in [0.3, 0.4) is 0 Å². The molecule has 7 heteroatoms.